The van der Waals surface area contributed by atoms with Gasteiger partial charge in [-0.25, -0.2) is 0 Å². The summed E-state index contributed by atoms with van der Waals surface area (Å²) in [6.45, 7) is 5.59. The molecule has 1 rings (SSSR count). The number of rotatable bonds is 5. The maximum Gasteiger partial charge on any atom is 0.239 e. The summed E-state index contributed by atoms with van der Waals surface area (Å²) in [4.78, 5) is 13.5. The molecule has 0 atom stereocenters. The summed E-state index contributed by atoms with van der Waals surface area (Å²) in [7, 11) is 0. The zero-order valence-electron chi connectivity index (χ0n) is 10.4. The zero-order chi connectivity index (χ0) is 12.8. The predicted octanol–water partition coefficient (Wildman–Crippen LogP) is 0.813. The number of nitrogens with two attached hydrogens (primary N) is 2. The van der Waals surface area contributed by atoms with Gasteiger partial charge >= 0.3 is 0 Å². The summed E-state index contributed by atoms with van der Waals surface area (Å²) in [5, 5.41) is 2.77. The van der Waals surface area contributed by atoms with Gasteiger partial charge in [-0.1, -0.05) is 0 Å². The number of carbonyl (C=O) groups excluding carboxylic acids is 1. The second-order valence-electron chi connectivity index (χ2n) is 3.78. The fourth-order valence-electron chi connectivity index (χ4n) is 1.57. The van der Waals surface area contributed by atoms with Crippen molar-refractivity contribution in [2.75, 3.05) is 36.0 Å². The molecular formula is C12H20N4O. The second-order valence-corrected chi connectivity index (χ2v) is 3.78. The molecular weight excluding hydrogens is 216 g/mol. The maximum absolute atomic E-state index is 11.5. The number of nitrogens with one attached hydrogen (secondary N) is 1. The number of anilines is 3. The molecule has 0 aromatic heterocycles. The van der Waals surface area contributed by atoms with Gasteiger partial charge in [-0.2, -0.15) is 0 Å². The van der Waals surface area contributed by atoms with Crippen molar-refractivity contribution in [1.29, 1.82) is 0 Å². The van der Waals surface area contributed by atoms with Crippen LogP contribution in [0.15, 0.2) is 18.2 Å². The van der Waals surface area contributed by atoms with E-state index in [1.807, 2.05) is 24.8 Å². The highest BCUT2D eigenvalue weighted by Gasteiger charge is 2.10. The molecule has 0 unspecified atom stereocenters. The van der Waals surface area contributed by atoms with Gasteiger partial charge in [-0.15, -0.1) is 0 Å². The Bertz CT molecular complexity index is 392. The van der Waals surface area contributed by atoms with Gasteiger partial charge < -0.3 is 21.7 Å². The van der Waals surface area contributed by atoms with Crippen LogP contribution in [0.25, 0.3) is 0 Å². The quantitative estimate of drug-likeness (QED) is 0.661. The van der Waals surface area contributed by atoms with Crippen molar-refractivity contribution in [2.45, 2.75) is 13.8 Å². The third-order valence-electron chi connectivity index (χ3n) is 2.53. The maximum atomic E-state index is 11.5. The highest BCUT2D eigenvalue weighted by atomic mass is 16.2. The van der Waals surface area contributed by atoms with Crippen LogP contribution in [-0.2, 0) is 4.79 Å². The molecule has 1 aromatic rings. The molecule has 0 spiro atoms. The van der Waals surface area contributed by atoms with E-state index in [0.29, 0.717) is 24.5 Å². The Kier molecular flexibility index (Phi) is 4.63. The number of hydrogen-bond acceptors (Lipinski definition) is 4. The van der Waals surface area contributed by atoms with Crippen LogP contribution >= 0.6 is 0 Å². The van der Waals surface area contributed by atoms with Crippen LogP contribution in [0.3, 0.4) is 0 Å². The van der Waals surface area contributed by atoms with Crippen LogP contribution in [0.2, 0.25) is 0 Å². The molecule has 94 valence electrons. The molecule has 1 aromatic carbocycles. The third-order valence-corrected chi connectivity index (χ3v) is 2.53. The first kappa shape index (κ1) is 13.2. The van der Waals surface area contributed by atoms with Crippen molar-refractivity contribution < 1.29 is 4.79 Å². The summed E-state index contributed by atoms with van der Waals surface area (Å²) in [6, 6.07) is 5.41. The lowest BCUT2D eigenvalue weighted by molar-refractivity contribution is -0.119. The molecule has 0 heterocycles. The van der Waals surface area contributed by atoms with Gasteiger partial charge in [-0.3, -0.25) is 4.79 Å². The Morgan fingerprint density at radius 1 is 1.29 bits per heavy atom. The topological polar surface area (TPSA) is 84.4 Å². The SMILES string of the molecule is CCNC(=O)CN(CC)c1ccc(N)c(N)c1. The minimum Gasteiger partial charge on any atom is -0.397 e. The number of nitrogens with zero attached hydrogens (tertiary/aromatic N) is 1. The van der Waals surface area contributed by atoms with Crippen molar-refractivity contribution in [1.82, 2.24) is 5.32 Å². The number of likely N-dealkylation sites (N-methyl/N-ethyl adjacent to an activating group) is 2. The molecule has 0 saturated heterocycles. The average Bonchev–Trinajstić information content (AvgIpc) is 2.30. The van der Waals surface area contributed by atoms with E-state index in [4.69, 9.17) is 11.5 Å². The number of amides is 1. The van der Waals surface area contributed by atoms with Crippen LogP contribution in [0.1, 0.15) is 13.8 Å². The Morgan fingerprint density at radius 3 is 2.53 bits per heavy atom. The van der Waals surface area contributed by atoms with Crippen molar-refractivity contribution in [3.05, 3.63) is 18.2 Å². The number of benzene rings is 1. The van der Waals surface area contributed by atoms with E-state index in [-0.39, 0.29) is 5.91 Å². The lowest BCUT2D eigenvalue weighted by Crippen LogP contribution is -2.37. The Morgan fingerprint density at radius 2 is 2.00 bits per heavy atom. The van der Waals surface area contributed by atoms with E-state index in [1.165, 1.54) is 0 Å². The van der Waals surface area contributed by atoms with Crippen LogP contribution in [0.5, 0.6) is 0 Å². The molecule has 5 N–H and O–H groups in total. The highest BCUT2D eigenvalue weighted by Crippen LogP contribution is 2.22. The summed E-state index contributed by atoms with van der Waals surface area (Å²) in [6.07, 6.45) is 0. The van der Waals surface area contributed by atoms with E-state index in [9.17, 15) is 4.79 Å². The predicted molar refractivity (Wildman–Crippen MR) is 71.8 cm³/mol. The van der Waals surface area contributed by atoms with Crippen molar-refractivity contribution in [3.8, 4) is 0 Å². The van der Waals surface area contributed by atoms with Gasteiger partial charge in [0.05, 0.1) is 17.9 Å². The van der Waals surface area contributed by atoms with Crippen LogP contribution in [0.4, 0.5) is 17.1 Å². The van der Waals surface area contributed by atoms with Crippen LogP contribution < -0.4 is 21.7 Å². The minimum atomic E-state index is 0.00439. The first-order chi connectivity index (χ1) is 8.08. The summed E-state index contributed by atoms with van der Waals surface area (Å²) in [5.41, 5.74) is 13.4. The van der Waals surface area contributed by atoms with Gasteiger partial charge in [0.15, 0.2) is 0 Å². The largest absolute Gasteiger partial charge is 0.397 e. The zero-order valence-corrected chi connectivity index (χ0v) is 10.4. The van der Waals surface area contributed by atoms with E-state index in [1.54, 1.807) is 12.1 Å². The molecule has 0 radical (unpaired) electrons. The molecule has 17 heavy (non-hydrogen) atoms. The van der Waals surface area contributed by atoms with Crippen molar-refractivity contribution in [2.24, 2.45) is 0 Å². The summed E-state index contributed by atoms with van der Waals surface area (Å²) in [5.74, 6) is 0.00439. The molecule has 5 nitrogen and oxygen atoms in total. The van der Waals surface area contributed by atoms with Gasteiger partial charge in [-0.05, 0) is 32.0 Å². The second kappa shape index (κ2) is 5.98. The molecule has 1 amide bonds. The first-order valence-corrected chi connectivity index (χ1v) is 5.75. The Labute approximate surface area is 102 Å². The van der Waals surface area contributed by atoms with Crippen molar-refractivity contribution >= 4 is 23.0 Å². The molecule has 0 fully saturated rings. The third kappa shape index (κ3) is 3.55. The molecule has 0 bridgehead atoms. The van der Waals surface area contributed by atoms with Crippen LogP contribution in [-0.4, -0.2) is 25.5 Å². The Balaban J connectivity index is 2.79. The van der Waals surface area contributed by atoms with Gasteiger partial charge in [0.25, 0.3) is 0 Å². The summed E-state index contributed by atoms with van der Waals surface area (Å²) < 4.78 is 0. The molecule has 0 aliphatic rings. The normalized spacial score (nSPS) is 10.0. The van der Waals surface area contributed by atoms with Gasteiger partial charge in [0, 0.05) is 18.8 Å². The first-order valence-electron chi connectivity index (χ1n) is 5.75. The van der Waals surface area contributed by atoms with E-state index < -0.39 is 0 Å². The minimum absolute atomic E-state index is 0.00439. The lowest BCUT2D eigenvalue weighted by Gasteiger charge is -2.23. The number of hydrogen-bond donors (Lipinski definition) is 3. The van der Waals surface area contributed by atoms with Gasteiger partial charge in [0.1, 0.15) is 0 Å². The number of carbonyl (C=O) groups is 1. The lowest BCUT2D eigenvalue weighted by atomic mass is 10.2. The fraction of sp³-hybridized carbons (Fsp3) is 0.417. The standard InChI is InChI=1S/C12H20N4O/c1-3-15-12(17)8-16(4-2)9-5-6-10(13)11(14)7-9/h5-7H,3-4,8,13-14H2,1-2H3,(H,15,17). The average molecular weight is 236 g/mol. The number of nitrogen functional groups attached to an aromatic ring is 2. The smallest absolute Gasteiger partial charge is 0.239 e. The van der Waals surface area contributed by atoms with Crippen molar-refractivity contribution in [3.63, 3.8) is 0 Å². The Hall–Kier alpha value is -1.91. The van der Waals surface area contributed by atoms with E-state index in [0.717, 1.165) is 12.2 Å². The van der Waals surface area contributed by atoms with Crippen LogP contribution in [0, 0.1) is 0 Å². The molecule has 0 aliphatic heterocycles. The molecule has 5 heteroatoms. The monoisotopic (exact) mass is 236 g/mol. The summed E-state index contributed by atoms with van der Waals surface area (Å²) >= 11 is 0. The van der Waals surface area contributed by atoms with E-state index >= 15 is 0 Å². The molecule has 0 aliphatic carbocycles. The van der Waals surface area contributed by atoms with E-state index in [2.05, 4.69) is 5.32 Å². The molecule has 0 saturated carbocycles. The fourth-order valence-corrected chi connectivity index (χ4v) is 1.57. The highest BCUT2D eigenvalue weighted by molar-refractivity contribution is 5.82. The van der Waals surface area contributed by atoms with Gasteiger partial charge in [0.2, 0.25) is 5.91 Å².